The summed E-state index contributed by atoms with van der Waals surface area (Å²) < 4.78 is 18.7. The van der Waals surface area contributed by atoms with Gasteiger partial charge in [0.15, 0.2) is 0 Å². The Balaban J connectivity index is 1.39. The molecule has 9 nitrogen and oxygen atoms in total. The molecule has 0 saturated carbocycles. The van der Waals surface area contributed by atoms with Crippen LogP contribution in [0.3, 0.4) is 0 Å². The van der Waals surface area contributed by atoms with Gasteiger partial charge >= 0.3 is 0 Å². The highest BCUT2D eigenvalue weighted by Crippen LogP contribution is 2.22. The number of thioether (sulfide) groups is 1. The number of nitrogens with zero attached hydrogens (tertiary/aromatic N) is 6. The number of thiazole rings is 1. The third kappa shape index (κ3) is 5.23. The highest BCUT2D eigenvalue weighted by Gasteiger charge is 2.12. The summed E-state index contributed by atoms with van der Waals surface area (Å²) in [6.45, 7) is 1.95. The maximum absolute atomic E-state index is 13.0. The van der Waals surface area contributed by atoms with Gasteiger partial charge in [0.05, 0.1) is 22.9 Å². The Morgan fingerprint density at radius 1 is 1.14 bits per heavy atom. The number of aromatic nitrogens is 6. The molecule has 29 heavy (non-hydrogen) atoms. The van der Waals surface area contributed by atoms with Crippen molar-refractivity contribution in [3.63, 3.8) is 0 Å². The van der Waals surface area contributed by atoms with Gasteiger partial charge in [0.25, 0.3) is 5.22 Å². The average Bonchev–Trinajstić information content (AvgIpc) is 3.30. The van der Waals surface area contributed by atoms with Crippen LogP contribution in [0.2, 0.25) is 0 Å². The van der Waals surface area contributed by atoms with Crippen LogP contribution in [-0.4, -0.2) is 30.1 Å². The van der Waals surface area contributed by atoms with Crippen molar-refractivity contribution in [3.05, 3.63) is 57.9 Å². The number of nitrogens with two attached hydrogens (primary N) is 1. The molecule has 0 aliphatic carbocycles. The van der Waals surface area contributed by atoms with Crippen LogP contribution in [0.15, 0.2) is 39.3 Å². The number of hydrogen-bond donors (Lipinski definition) is 2. The molecule has 0 saturated heterocycles. The van der Waals surface area contributed by atoms with Crippen LogP contribution in [0.5, 0.6) is 0 Å². The second-order valence-corrected chi connectivity index (χ2v) is 7.84. The number of benzene rings is 1. The predicted molar refractivity (Wildman–Crippen MR) is 107 cm³/mol. The Kier molecular flexibility index (Phi) is 5.62. The molecule has 0 radical (unpaired) electrons. The summed E-state index contributed by atoms with van der Waals surface area (Å²) in [5.41, 5.74) is 7.30. The number of nitrogens with one attached hydrogen (secondary N) is 1. The van der Waals surface area contributed by atoms with Gasteiger partial charge in [-0.25, -0.2) is 9.37 Å². The molecule has 0 unspecified atom stereocenters. The van der Waals surface area contributed by atoms with Crippen LogP contribution in [-0.2, 0) is 12.2 Å². The first kappa shape index (κ1) is 19.2. The van der Waals surface area contributed by atoms with E-state index in [1.165, 1.54) is 23.9 Å². The summed E-state index contributed by atoms with van der Waals surface area (Å²) in [6, 6.07) is 5.83. The van der Waals surface area contributed by atoms with Crippen molar-refractivity contribution in [1.29, 1.82) is 0 Å². The Morgan fingerprint density at radius 3 is 2.72 bits per heavy atom. The van der Waals surface area contributed by atoms with Crippen molar-refractivity contribution >= 4 is 40.7 Å². The minimum absolute atomic E-state index is 0.0744. The van der Waals surface area contributed by atoms with E-state index >= 15 is 0 Å². The second-order valence-electron chi connectivity index (χ2n) is 5.85. The van der Waals surface area contributed by atoms with Gasteiger partial charge in [-0.3, -0.25) is 0 Å². The number of nitrogen functional groups attached to an aromatic ring is 1. The molecule has 4 rings (SSSR count). The van der Waals surface area contributed by atoms with E-state index in [4.69, 9.17) is 10.2 Å². The first-order valence-electron chi connectivity index (χ1n) is 8.43. The van der Waals surface area contributed by atoms with Gasteiger partial charge in [0.1, 0.15) is 11.6 Å². The summed E-state index contributed by atoms with van der Waals surface area (Å²) in [4.78, 5) is 16.9. The fourth-order valence-corrected chi connectivity index (χ4v) is 3.61. The van der Waals surface area contributed by atoms with E-state index in [1.54, 1.807) is 23.5 Å². The standard InChI is InChI=1S/C17H15FN8OS2/c1-9-20-12(7-28-9)6-14-25-26-17(27-14)29-8-13-22-15(19)24-16(23-13)21-11-4-2-10(18)3-5-11/h2-5,7H,6,8H2,1H3,(H3,19,21,22,23,24). The first-order chi connectivity index (χ1) is 14.0. The fraction of sp³-hybridized carbons (Fsp3) is 0.176. The Hall–Kier alpha value is -3.12. The van der Waals surface area contributed by atoms with E-state index in [2.05, 4.69) is 35.5 Å². The van der Waals surface area contributed by atoms with Crippen molar-refractivity contribution in [3.8, 4) is 0 Å². The molecule has 0 amide bonds. The van der Waals surface area contributed by atoms with Crippen LogP contribution in [0.1, 0.15) is 22.4 Å². The minimum atomic E-state index is -0.327. The average molecular weight is 430 g/mol. The summed E-state index contributed by atoms with van der Waals surface area (Å²) in [6.07, 6.45) is 0.488. The van der Waals surface area contributed by atoms with Crippen molar-refractivity contribution < 1.29 is 8.81 Å². The maximum Gasteiger partial charge on any atom is 0.277 e. The molecular weight excluding hydrogens is 415 g/mol. The highest BCUT2D eigenvalue weighted by molar-refractivity contribution is 7.98. The molecule has 3 N–H and O–H groups in total. The van der Waals surface area contributed by atoms with Gasteiger partial charge < -0.3 is 15.5 Å². The molecule has 0 aliphatic heterocycles. The van der Waals surface area contributed by atoms with Crippen molar-refractivity contribution in [2.45, 2.75) is 24.3 Å². The normalized spacial score (nSPS) is 11.0. The molecule has 3 heterocycles. The highest BCUT2D eigenvalue weighted by atomic mass is 32.2. The predicted octanol–water partition coefficient (Wildman–Crippen LogP) is 3.37. The van der Waals surface area contributed by atoms with Crippen LogP contribution in [0.25, 0.3) is 0 Å². The summed E-state index contributed by atoms with van der Waals surface area (Å²) in [5, 5.41) is 14.4. The SMILES string of the molecule is Cc1nc(Cc2nnc(SCc3nc(N)nc(Nc4ccc(F)cc4)n3)o2)cs1. The van der Waals surface area contributed by atoms with E-state index in [-0.39, 0.29) is 17.7 Å². The summed E-state index contributed by atoms with van der Waals surface area (Å²) in [7, 11) is 0. The van der Waals surface area contributed by atoms with Crippen LogP contribution in [0, 0.1) is 12.7 Å². The van der Waals surface area contributed by atoms with Gasteiger partial charge in [0, 0.05) is 11.1 Å². The lowest BCUT2D eigenvalue weighted by Gasteiger charge is -2.06. The maximum atomic E-state index is 13.0. The molecule has 12 heteroatoms. The minimum Gasteiger partial charge on any atom is -0.416 e. The van der Waals surface area contributed by atoms with E-state index in [0.29, 0.717) is 34.8 Å². The Bertz CT molecular complexity index is 1110. The van der Waals surface area contributed by atoms with Gasteiger partial charge in [-0.1, -0.05) is 11.8 Å². The monoisotopic (exact) mass is 430 g/mol. The van der Waals surface area contributed by atoms with Crippen LogP contribution in [0.4, 0.5) is 22.0 Å². The molecule has 0 bridgehead atoms. The lowest BCUT2D eigenvalue weighted by molar-refractivity contribution is 0.419. The van der Waals surface area contributed by atoms with E-state index < -0.39 is 0 Å². The largest absolute Gasteiger partial charge is 0.416 e. The van der Waals surface area contributed by atoms with E-state index in [9.17, 15) is 4.39 Å². The Labute approximate surface area is 173 Å². The number of anilines is 3. The number of halogens is 1. The fourth-order valence-electron chi connectivity index (χ4n) is 2.36. The number of aryl methyl sites for hydroxylation is 1. The van der Waals surface area contributed by atoms with Crippen LogP contribution < -0.4 is 11.1 Å². The third-order valence-electron chi connectivity index (χ3n) is 3.57. The molecule has 3 aromatic heterocycles. The topological polar surface area (TPSA) is 129 Å². The van der Waals surface area contributed by atoms with Gasteiger partial charge in [-0.15, -0.1) is 21.5 Å². The van der Waals surface area contributed by atoms with E-state index in [0.717, 1.165) is 10.7 Å². The molecular formula is C17H15FN8OS2. The van der Waals surface area contributed by atoms with Gasteiger partial charge in [0.2, 0.25) is 17.8 Å². The number of hydrogen-bond acceptors (Lipinski definition) is 11. The lowest BCUT2D eigenvalue weighted by atomic mass is 10.3. The molecule has 0 fully saturated rings. The zero-order chi connectivity index (χ0) is 20.2. The third-order valence-corrected chi connectivity index (χ3v) is 5.21. The molecule has 0 atom stereocenters. The molecule has 148 valence electrons. The zero-order valence-corrected chi connectivity index (χ0v) is 16.8. The zero-order valence-electron chi connectivity index (χ0n) is 15.2. The smallest absolute Gasteiger partial charge is 0.277 e. The Morgan fingerprint density at radius 2 is 1.97 bits per heavy atom. The summed E-state index contributed by atoms with van der Waals surface area (Å²) in [5.74, 6) is 1.32. The molecule has 0 aliphatic rings. The van der Waals surface area contributed by atoms with Crippen molar-refractivity contribution in [2.24, 2.45) is 0 Å². The van der Waals surface area contributed by atoms with Crippen LogP contribution >= 0.6 is 23.1 Å². The molecule has 0 spiro atoms. The quantitative estimate of drug-likeness (QED) is 0.421. The second kappa shape index (κ2) is 8.49. The summed E-state index contributed by atoms with van der Waals surface area (Å²) >= 11 is 2.87. The first-order valence-corrected chi connectivity index (χ1v) is 10.3. The lowest BCUT2D eigenvalue weighted by Crippen LogP contribution is -2.06. The van der Waals surface area contributed by atoms with Crippen molar-refractivity contribution in [1.82, 2.24) is 30.1 Å². The van der Waals surface area contributed by atoms with Crippen molar-refractivity contribution in [2.75, 3.05) is 11.1 Å². The van der Waals surface area contributed by atoms with Gasteiger partial charge in [-0.05, 0) is 31.2 Å². The van der Waals surface area contributed by atoms with E-state index in [1.807, 2.05) is 12.3 Å². The van der Waals surface area contributed by atoms with Gasteiger partial charge in [-0.2, -0.15) is 15.0 Å². The number of rotatable bonds is 7. The molecule has 1 aromatic carbocycles. The molecule has 4 aromatic rings.